The van der Waals surface area contributed by atoms with Crippen LogP contribution in [0.4, 0.5) is 0 Å². The molecule has 0 amide bonds. The molecule has 4 nitrogen and oxygen atoms in total. The van der Waals surface area contributed by atoms with Gasteiger partial charge in [-0.2, -0.15) is 10.2 Å². The maximum Gasteiger partial charge on any atom is 0.339 e. The van der Waals surface area contributed by atoms with E-state index in [9.17, 15) is 4.79 Å². The van der Waals surface area contributed by atoms with Crippen LogP contribution >= 0.6 is 0 Å². The summed E-state index contributed by atoms with van der Waals surface area (Å²) in [4.78, 5) is 11.4. The molecule has 1 heterocycles. The second-order valence-corrected chi connectivity index (χ2v) is 3.51. The molecule has 4 heteroatoms. The van der Waals surface area contributed by atoms with Gasteiger partial charge in [0.25, 0.3) is 0 Å². The second kappa shape index (κ2) is 4.88. The van der Waals surface area contributed by atoms with Crippen LogP contribution in [0, 0.1) is 6.04 Å². The molecule has 0 spiro atoms. The van der Waals surface area contributed by atoms with Crippen molar-refractivity contribution in [3.8, 4) is 0 Å². The van der Waals surface area contributed by atoms with E-state index < -0.39 is 0 Å². The number of esters is 1. The van der Waals surface area contributed by atoms with Crippen molar-refractivity contribution < 1.29 is 9.53 Å². The van der Waals surface area contributed by atoms with Gasteiger partial charge in [-0.05, 0) is 12.5 Å². The highest BCUT2D eigenvalue weighted by Crippen LogP contribution is 2.34. The minimum Gasteiger partial charge on any atom is -0.464 e. The average Bonchev–Trinajstić information content (AvgIpc) is 2.80. The molecule has 0 fully saturated rings. The van der Waals surface area contributed by atoms with Crippen molar-refractivity contribution in [1.82, 2.24) is 0 Å². The van der Waals surface area contributed by atoms with E-state index in [2.05, 4.69) is 10.2 Å². The van der Waals surface area contributed by atoms with Gasteiger partial charge in [0.2, 0.25) is 6.04 Å². The first kappa shape index (κ1) is 10.8. The van der Waals surface area contributed by atoms with Gasteiger partial charge >= 0.3 is 5.97 Å². The van der Waals surface area contributed by atoms with Crippen molar-refractivity contribution in [2.24, 2.45) is 10.2 Å². The van der Waals surface area contributed by atoms with Gasteiger partial charge < -0.3 is 4.74 Å². The van der Waals surface area contributed by atoms with E-state index in [4.69, 9.17) is 4.74 Å². The lowest BCUT2D eigenvalue weighted by Crippen LogP contribution is -2.12. The van der Waals surface area contributed by atoms with Crippen molar-refractivity contribution in [3.63, 3.8) is 0 Å². The summed E-state index contributed by atoms with van der Waals surface area (Å²) < 4.78 is 4.88. The smallest absolute Gasteiger partial charge is 0.339 e. The molecule has 1 aromatic rings. The molecule has 1 atom stereocenters. The van der Waals surface area contributed by atoms with Crippen LogP contribution in [0.25, 0.3) is 0 Å². The Hall–Kier alpha value is -1.71. The Bertz CT molecular complexity index is 389. The minimum atomic E-state index is -0.357. The Labute approximate surface area is 94.3 Å². The quantitative estimate of drug-likeness (QED) is 0.731. The summed E-state index contributed by atoms with van der Waals surface area (Å²) in [5.41, 5.74) is 1.07. The SMILES string of the molecule is CCOC(=O)[C]1CC(c2ccccc2)N=N1. The van der Waals surface area contributed by atoms with Crippen molar-refractivity contribution in [3.05, 3.63) is 41.9 Å². The summed E-state index contributed by atoms with van der Waals surface area (Å²) >= 11 is 0. The normalized spacial score (nSPS) is 19.9. The predicted molar refractivity (Wildman–Crippen MR) is 58.5 cm³/mol. The summed E-state index contributed by atoms with van der Waals surface area (Å²) in [5, 5.41) is 7.96. The molecule has 1 aliphatic rings. The zero-order valence-electron chi connectivity index (χ0n) is 9.09. The van der Waals surface area contributed by atoms with Gasteiger partial charge in [0, 0.05) is 6.42 Å². The van der Waals surface area contributed by atoms with Crippen LogP contribution in [-0.2, 0) is 9.53 Å². The molecular weight excluding hydrogens is 204 g/mol. The van der Waals surface area contributed by atoms with Gasteiger partial charge in [-0.1, -0.05) is 30.3 Å². The lowest BCUT2D eigenvalue weighted by Gasteiger charge is -2.06. The highest BCUT2D eigenvalue weighted by Gasteiger charge is 2.31. The largest absolute Gasteiger partial charge is 0.464 e. The van der Waals surface area contributed by atoms with Crippen molar-refractivity contribution >= 4 is 5.97 Å². The third kappa shape index (κ3) is 2.27. The first-order valence-electron chi connectivity index (χ1n) is 5.30. The fourth-order valence-electron chi connectivity index (χ4n) is 1.60. The van der Waals surface area contributed by atoms with Gasteiger partial charge in [-0.15, -0.1) is 0 Å². The van der Waals surface area contributed by atoms with E-state index in [1.54, 1.807) is 6.92 Å². The monoisotopic (exact) mass is 217 g/mol. The lowest BCUT2D eigenvalue weighted by atomic mass is 10.0. The highest BCUT2D eigenvalue weighted by atomic mass is 16.5. The van der Waals surface area contributed by atoms with Gasteiger partial charge in [-0.3, -0.25) is 0 Å². The molecular formula is C12H13N2O2. The second-order valence-electron chi connectivity index (χ2n) is 3.51. The first-order valence-corrected chi connectivity index (χ1v) is 5.30. The minimum absolute atomic E-state index is 0.0411. The number of benzene rings is 1. The van der Waals surface area contributed by atoms with Crippen LogP contribution in [0.15, 0.2) is 40.6 Å². The number of carbonyl (C=O) groups excluding carboxylic acids is 1. The van der Waals surface area contributed by atoms with E-state index in [0.717, 1.165) is 5.56 Å². The lowest BCUT2D eigenvalue weighted by molar-refractivity contribution is -0.141. The Morgan fingerprint density at radius 2 is 2.19 bits per heavy atom. The number of azo groups is 1. The molecule has 0 saturated carbocycles. The fraction of sp³-hybridized carbons (Fsp3) is 0.333. The molecule has 0 N–H and O–H groups in total. The van der Waals surface area contributed by atoms with Crippen LogP contribution in [0.1, 0.15) is 24.9 Å². The standard InChI is InChI=1S/C12H13N2O2/c1-2-16-12(15)11-8-10(13-14-11)9-6-4-3-5-7-9/h3-7,10H,2,8H2,1H3. The van der Waals surface area contributed by atoms with Crippen LogP contribution < -0.4 is 0 Å². The van der Waals surface area contributed by atoms with Crippen molar-refractivity contribution in [1.29, 1.82) is 0 Å². The molecule has 0 aliphatic carbocycles. The Morgan fingerprint density at radius 1 is 1.44 bits per heavy atom. The van der Waals surface area contributed by atoms with Crippen LogP contribution in [0.3, 0.4) is 0 Å². The zero-order valence-corrected chi connectivity index (χ0v) is 9.09. The zero-order chi connectivity index (χ0) is 11.4. The molecule has 16 heavy (non-hydrogen) atoms. The van der Waals surface area contributed by atoms with E-state index in [1.165, 1.54) is 0 Å². The van der Waals surface area contributed by atoms with E-state index in [1.807, 2.05) is 30.3 Å². The van der Waals surface area contributed by atoms with Crippen LogP contribution in [0.5, 0.6) is 0 Å². The summed E-state index contributed by atoms with van der Waals surface area (Å²) in [6, 6.07) is 10.2. The van der Waals surface area contributed by atoms with Crippen molar-refractivity contribution in [2.75, 3.05) is 6.61 Å². The number of carbonyl (C=O) groups is 1. The highest BCUT2D eigenvalue weighted by molar-refractivity contribution is 5.84. The first-order chi connectivity index (χ1) is 7.81. The topological polar surface area (TPSA) is 51.0 Å². The molecule has 1 unspecified atom stereocenters. The van der Waals surface area contributed by atoms with Gasteiger partial charge in [0.05, 0.1) is 12.6 Å². The number of nitrogens with zero attached hydrogens (tertiary/aromatic N) is 2. The maximum absolute atomic E-state index is 11.4. The third-order valence-corrected chi connectivity index (χ3v) is 2.40. The summed E-state index contributed by atoms with van der Waals surface area (Å²) in [6.45, 7) is 2.15. The molecule has 0 bridgehead atoms. The number of rotatable bonds is 3. The molecule has 1 radical (unpaired) electrons. The van der Waals surface area contributed by atoms with E-state index in [-0.39, 0.29) is 12.0 Å². The van der Waals surface area contributed by atoms with Crippen LogP contribution in [-0.4, -0.2) is 12.6 Å². The summed E-state index contributed by atoms with van der Waals surface area (Å²) in [7, 11) is 0. The average molecular weight is 217 g/mol. The van der Waals surface area contributed by atoms with E-state index >= 15 is 0 Å². The molecule has 1 aromatic carbocycles. The Morgan fingerprint density at radius 3 is 2.88 bits per heavy atom. The molecule has 2 rings (SSSR count). The van der Waals surface area contributed by atoms with Crippen LogP contribution in [0.2, 0.25) is 0 Å². The van der Waals surface area contributed by atoms with Crippen molar-refractivity contribution in [2.45, 2.75) is 19.4 Å². The predicted octanol–water partition coefficient (Wildman–Crippen LogP) is 2.68. The molecule has 0 saturated heterocycles. The number of hydrogen-bond acceptors (Lipinski definition) is 4. The molecule has 1 aliphatic heterocycles. The Balaban J connectivity index is 2.00. The molecule has 83 valence electrons. The van der Waals surface area contributed by atoms with Gasteiger partial charge in [-0.25, -0.2) is 4.79 Å². The van der Waals surface area contributed by atoms with Gasteiger partial charge in [0.1, 0.15) is 0 Å². The Kier molecular flexibility index (Phi) is 3.29. The number of ether oxygens (including phenoxy) is 1. The van der Waals surface area contributed by atoms with Gasteiger partial charge in [0.15, 0.2) is 0 Å². The summed E-state index contributed by atoms with van der Waals surface area (Å²) in [6.07, 6.45) is 0.531. The summed E-state index contributed by atoms with van der Waals surface area (Å²) in [5.74, 6) is -0.357. The van der Waals surface area contributed by atoms with E-state index in [0.29, 0.717) is 19.1 Å². The third-order valence-electron chi connectivity index (χ3n) is 2.40. The maximum atomic E-state index is 11.4. The fourth-order valence-corrected chi connectivity index (χ4v) is 1.60. The molecule has 0 aromatic heterocycles. The number of hydrogen-bond donors (Lipinski definition) is 0.